The first kappa shape index (κ1) is 14.2. The Balaban J connectivity index is 0.000000640. The van der Waals surface area contributed by atoms with Gasteiger partial charge in [0.1, 0.15) is 12.2 Å². The molecular formula is C9H11NO5Y-2. The van der Waals surface area contributed by atoms with E-state index in [4.69, 9.17) is 4.74 Å². The van der Waals surface area contributed by atoms with Gasteiger partial charge in [-0.2, -0.15) is 0 Å². The minimum absolute atomic E-state index is 0. The summed E-state index contributed by atoms with van der Waals surface area (Å²) in [5.74, 6) is -2.41. The molecule has 7 heteroatoms. The van der Waals surface area contributed by atoms with Gasteiger partial charge in [-0.1, -0.05) is 0 Å². The molecule has 6 unspecified atom stereocenters. The van der Waals surface area contributed by atoms with E-state index in [2.05, 4.69) is 5.32 Å². The molecule has 2 N–H and O–H groups in total. The van der Waals surface area contributed by atoms with Crippen LogP contribution in [-0.4, -0.2) is 46.4 Å². The van der Waals surface area contributed by atoms with Crippen LogP contribution in [0.15, 0.2) is 0 Å². The number of fused-ring (bicyclic) bond motifs is 5. The van der Waals surface area contributed by atoms with Gasteiger partial charge in [0.2, 0.25) is 0 Å². The number of carbonyl (C=O) groups is 2. The van der Waals surface area contributed by atoms with Crippen LogP contribution in [0.3, 0.4) is 0 Å². The molecule has 0 aromatic rings. The Bertz CT molecular complexity index is 306. The summed E-state index contributed by atoms with van der Waals surface area (Å²) < 4.78 is 5.20. The van der Waals surface area contributed by atoms with Crippen LogP contribution in [0.2, 0.25) is 0 Å². The molecule has 0 spiro atoms. The molecule has 3 fully saturated rings. The molecule has 3 aliphatic rings. The largest absolute Gasteiger partial charge is 0.595 e. The molecule has 1 radical (unpaired) electrons. The summed E-state index contributed by atoms with van der Waals surface area (Å²) in [5, 5.41) is 22.2. The van der Waals surface area contributed by atoms with Crippen LogP contribution in [0.4, 0.5) is 0 Å². The van der Waals surface area contributed by atoms with E-state index in [1.165, 1.54) is 0 Å². The molecule has 6 atom stereocenters. The third kappa shape index (κ3) is 1.51. The molecule has 2 amide bonds. The average Bonchev–Trinajstić information content (AvgIpc) is 2.71. The van der Waals surface area contributed by atoms with Gasteiger partial charge in [-0.05, 0) is 0 Å². The Morgan fingerprint density at radius 2 is 1.38 bits per heavy atom. The molecule has 0 aromatic heterocycles. The molecule has 3 rings (SSSR count). The molecular weight excluding hydrogens is 291 g/mol. The SMILES string of the molecule is O=C1[N-]C(=O)C2C3OC(C(O)C3O)C12.[CH3-].[Y]. The first-order valence-corrected chi connectivity index (χ1v) is 4.42. The molecule has 3 aliphatic heterocycles. The number of imide groups is 1. The van der Waals surface area contributed by atoms with Crippen molar-refractivity contribution in [2.45, 2.75) is 24.4 Å². The predicted molar refractivity (Wildman–Crippen MR) is 47.4 cm³/mol. The Labute approximate surface area is 118 Å². The fourth-order valence-corrected chi connectivity index (χ4v) is 2.58. The van der Waals surface area contributed by atoms with Gasteiger partial charge in [-0.15, -0.1) is 0 Å². The number of hydrogen-bond acceptors (Lipinski definition) is 5. The van der Waals surface area contributed by atoms with Gasteiger partial charge in [-0.3, -0.25) is 0 Å². The van der Waals surface area contributed by atoms with E-state index < -0.39 is 48.1 Å². The summed E-state index contributed by atoms with van der Waals surface area (Å²) in [6.45, 7) is 0. The number of aliphatic hydroxyl groups is 2. The van der Waals surface area contributed by atoms with Crippen molar-refractivity contribution in [2.24, 2.45) is 11.8 Å². The number of nitrogens with zero attached hydrogens (tertiary/aromatic N) is 1. The van der Waals surface area contributed by atoms with Gasteiger partial charge in [0, 0.05) is 44.5 Å². The van der Waals surface area contributed by atoms with Crippen LogP contribution in [0, 0.1) is 19.3 Å². The Kier molecular flexibility index (Phi) is 3.92. The van der Waals surface area contributed by atoms with Crippen molar-refractivity contribution in [1.82, 2.24) is 0 Å². The molecule has 3 saturated heterocycles. The van der Waals surface area contributed by atoms with Gasteiger partial charge >= 0.3 is 0 Å². The summed E-state index contributed by atoms with van der Waals surface area (Å²) in [4.78, 5) is 22.5. The van der Waals surface area contributed by atoms with E-state index in [0.717, 1.165) is 0 Å². The maximum Gasteiger partial charge on any atom is 0.109 e. The van der Waals surface area contributed by atoms with Crippen molar-refractivity contribution in [3.8, 4) is 0 Å². The molecule has 87 valence electrons. The zero-order valence-corrected chi connectivity index (χ0v) is 11.4. The standard InChI is InChI=1S/C8H9NO5.CH3.Y/c10-3-4(11)6-2-1(5(3)14-6)7(12)9-8(2)13;;/h1-6,10-11H,(H,9,12,13);1H3;/q;-1;/p-1. The van der Waals surface area contributed by atoms with Gasteiger partial charge in [0.15, 0.2) is 0 Å². The van der Waals surface area contributed by atoms with E-state index in [1.54, 1.807) is 0 Å². The topological polar surface area (TPSA) is 97.9 Å². The number of carbonyl (C=O) groups excluding carboxylic acids is 2. The van der Waals surface area contributed by atoms with Crippen molar-refractivity contribution in [3.05, 3.63) is 12.7 Å². The molecule has 6 nitrogen and oxygen atoms in total. The van der Waals surface area contributed by atoms with Crippen LogP contribution in [0.25, 0.3) is 5.32 Å². The van der Waals surface area contributed by atoms with Gasteiger partial charge < -0.3 is 37.3 Å². The van der Waals surface area contributed by atoms with Gasteiger partial charge in [0.25, 0.3) is 0 Å². The van der Waals surface area contributed by atoms with Crippen molar-refractivity contribution in [3.63, 3.8) is 0 Å². The van der Waals surface area contributed by atoms with Gasteiger partial charge in [-0.25, -0.2) is 0 Å². The van der Waals surface area contributed by atoms with Crippen LogP contribution in [0.5, 0.6) is 0 Å². The smallest absolute Gasteiger partial charge is 0.109 e. The minimum Gasteiger partial charge on any atom is -0.595 e. The normalized spacial score (nSPS) is 48.1. The number of rotatable bonds is 0. The van der Waals surface area contributed by atoms with E-state index in [0.29, 0.717) is 0 Å². The van der Waals surface area contributed by atoms with Crippen LogP contribution in [-0.2, 0) is 47.0 Å². The second kappa shape index (κ2) is 4.42. The van der Waals surface area contributed by atoms with Crippen molar-refractivity contribution in [2.75, 3.05) is 0 Å². The van der Waals surface area contributed by atoms with Crippen molar-refractivity contribution < 1.29 is 57.2 Å². The fourth-order valence-electron chi connectivity index (χ4n) is 2.58. The molecule has 2 bridgehead atoms. The Hall–Kier alpha value is 0.124. The summed E-state index contributed by atoms with van der Waals surface area (Å²) in [7, 11) is 0. The Morgan fingerprint density at radius 1 is 1.00 bits per heavy atom. The van der Waals surface area contributed by atoms with Crippen LogP contribution >= 0.6 is 0 Å². The zero-order valence-electron chi connectivity index (χ0n) is 8.61. The number of amides is 2. The van der Waals surface area contributed by atoms with Crippen LogP contribution in [0.1, 0.15) is 0 Å². The molecule has 0 aliphatic carbocycles. The molecule has 16 heavy (non-hydrogen) atoms. The monoisotopic (exact) mass is 302 g/mol. The molecule has 3 heterocycles. The first-order chi connectivity index (χ1) is 6.61. The fraction of sp³-hybridized carbons (Fsp3) is 0.667. The number of hydrogen-bond donors (Lipinski definition) is 2. The van der Waals surface area contributed by atoms with Crippen molar-refractivity contribution >= 4 is 11.8 Å². The number of aliphatic hydroxyl groups excluding tert-OH is 2. The summed E-state index contributed by atoms with van der Waals surface area (Å²) in [6.07, 6.45) is -3.68. The second-order valence-electron chi connectivity index (χ2n) is 3.89. The third-order valence-corrected chi connectivity index (χ3v) is 3.22. The van der Waals surface area contributed by atoms with E-state index in [9.17, 15) is 19.8 Å². The van der Waals surface area contributed by atoms with Crippen molar-refractivity contribution in [1.29, 1.82) is 0 Å². The van der Waals surface area contributed by atoms with Crippen LogP contribution < -0.4 is 0 Å². The van der Waals surface area contributed by atoms with E-state index >= 15 is 0 Å². The summed E-state index contributed by atoms with van der Waals surface area (Å²) in [6, 6.07) is 0. The number of ether oxygens (including phenoxy) is 1. The first-order valence-electron chi connectivity index (χ1n) is 4.42. The minimum atomic E-state index is -1.08. The zero-order chi connectivity index (χ0) is 10.0. The Morgan fingerprint density at radius 3 is 1.75 bits per heavy atom. The van der Waals surface area contributed by atoms with Gasteiger partial charge in [0.05, 0.1) is 24.0 Å². The maximum absolute atomic E-state index is 11.2. The molecule has 0 aromatic carbocycles. The van der Waals surface area contributed by atoms with E-state index in [-0.39, 0.29) is 40.1 Å². The second-order valence-corrected chi connectivity index (χ2v) is 3.89. The third-order valence-electron chi connectivity index (χ3n) is 3.22. The summed E-state index contributed by atoms with van der Waals surface area (Å²) >= 11 is 0. The maximum atomic E-state index is 11.2. The average molecular weight is 302 g/mol. The van der Waals surface area contributed by atoms with E-state index in [1.807, 2.05) is 0 Å². The summed E-state index contributed by atoms with van der Waals surface area (Å²) in [5.41, 5.74) is 0. The molecule has 0 saturated carbocycles. The quantitative estimate of drug-likeness (QED) is 0.424. The predicted octanol–water partition coefficient (Wildman–Crippen LogP) is -1.39.